The molecule has 0 aromatic carbocycles. The van der Waals surface area contributed by atoms with Crippen LogP contribution in [0.1, 0.15) is 26.9 Å². The van der Waals surface area contributed by atoms with Crippen molar-refractivity contribution in [3.05, 3.63) is 53.0 Å². The van der Waals surface area contributed by atoms with E-state index in [1.165, 1.54) is 24.3 Å². The van der Waals surface area contributed by atoms with E-state index in [9.17, 15) is 9.59 Å². The van der Waals surface area contributed by atoms with Crippen molar-refractivity contribution >= 4 is 17.7 Å². The molecule has 0 unspecified atom stereocenters. The van der Waals surface area contributed by atoms with E-state index in [4.69, 9.17) is 23.3 Å². The lowest BCUT2D eigenvalue weighted by Crippen LogP contribution is -2.11. The second-order valence-corrected chi connectivity index (χ2v) is 3.25. The SMILES string of the molecule is NC(=O)c1ccc(C(N)=O)o1.[C-]#[N+]c1ccc(C#N)o1. The standard InChI is InChI=1S/C6H6N2O3.C6H2N2O/c7-5(9)3-1-2-4(11-3)6(8)10;1-8-6-3-2-5(4-7)9-6/h1-2H,(H2,7,9)(H2,8,10);2-3H. The molecule has 2 amide bonds. The number of nitrogens with zero attached hydrogens (tertiary/aromatic N) is 2. The summed E-state index contributed by atoms with van der Waals surface area (Å²) in [4.78, 5) is 23.8. The van der Waals surface area contributed by atoms with E-state index >= 15 is 0 Å². The normalized spacial score (nSPS) is 8.70. The Labute approximate surface area is 113 Å². The molecule has 8 heteroatoms. The van der Waals surface area contributed by atoms with Crippen LogP contribution >= 0.6 is 0 Å². The third kappa shape index (κ3) is 3.75. The molecular weight excluding hydrogens is 264 g/mol. The maximum Gasteiger partial charge on any atom is 0.346 e. The van der Waals surface area contributed by atoms with Crippen LogP contribution in [0.3, 0.4) is 0 Å². The van der Waals surface area contributed by atoms with Gasteiger partial charge in [0.2, 0.25) is 0 Å². The molecule has 0 saturated carbocycles. The van der Waals surface area contributed by atoms with Crippen LogP contribution in [0.25, 0.3) is 4.85 Å². The van der Waals surface area contributed by atoms with Gasteiger partial charge in [0, 0.05) is 0 Å². The number of amides is 2. The fraction of sp³-hybridized carbons (Fsp3) is 0. The van der Waals surface area contributed by atoms with Crippen LogP contribution in [0.2, 0.25) is 0 Å². The second-order valence-electron chi connectivity index (χ2n) is 3.25. The van der Waals surface area contributed by atoms with Crippen LogP contribution in [0.4, 0.5) is 5.88 Å². The van der Waals surface area contributed by atoms with E-state index in [0.717, 1.165) is 0 Å². The molecule has 20 heavy (non-hydrogen) atoms. The Morgan fingerprint density at radius 2 is 1.65 bits per heavy atom. The molecule has 8 nitrogen and oxygen atoms in total. The lowest BCUT2D eigenvalue weighted by atomic mass is 10.4. The van der Waals surface area contributed by atoms with E-state index in [1.807, 2.05) is 0 Å². The molecule has 100 valence electrons. The number of furan rings is 2. The van der Waals surface area contributed by atoms with E-state index in [0.29, 0.717) is 0 Å². The molecule has 0 atom stereocenters. The predicted molar refractivity (Wildman–Crippen MR) is 65.4 cm³/mol. The maximum atomic E-state index is 10.4. The highest BCUT2D eigenvalue weighted by Gasteiger charge is 2.09. The van der Waals surface area contributed by atoms with Crippen molar-refractivity contribution in [2.45, 2.75) is 0 Å². The summed E-state index contributed by atoms with van der Waals surface area (Å²) < 4.78 is 9.32. The van der Waals surface area contributed by atoms with Crippen molar-refractivity contribution in [3.63, 3.8) is 0 Å². The lowest BCUT2D eigenvalue weighted by Gasteiger charge is -1.86. The minimum atomic E-state index is -0.725. The molecule has 0 fully saturated rings. The quantitative estimate of drug-likeness (QED) is 0.789. The van der Waals surface area contributed by atoms with Crippen LogP contribution in [-0.4, -0.2) is 11.8 Å². The molecule has 2 aromatic heterocycles. The van der Waals surface area contributed by atoms with Gasteiger partial charge in [0.05, 0.1) is 6.57 Å². The van der Waals surface area contributed by atoms with E-state index in [1.54, 1.807) is 6.07 Å². The third-order valence-corrected chi connectivity index (χ3v) is 1.90. The first kappa shape index (κ1) is 14.5. The zero-order valence-corrected chi connectivity index (χ0v) is 9.99. The Hall–Kier alpha value is -3.52. The summed E-state index contributed by atoms with van der Waals surface area (Å²) in [6.45, 7) is 6.45. The first-order valence-electron chi connectivity index (χ1n) is 5.04. The maximum absolute atomic E-state index is 10.4. The van der Waals surface area contributed by atoms with Gasteiger partial charge in [-0.25, -0.2) is 0 Å². The molecule has 4 N–H and O–H groups in total. The summed E-state index contributed by atoms with van der Waals surface area (Å²) >= 11 is 0. The summed E-state index contributed by atoms with van der Waals surface area (Å²) in [7, 11) is 0. The summed E-state index contributed by atoms with van der Waals surface area (Å²) in [5.74, 6) is -1.25. The molecule has 2 heterocycles. The number of carbonyl (C=O) groups is 2. The van der Waals surface area contributed by atoms with Gasteiger partial charge in [0.1, 0.15) is 6.07 Å². The van der Waals surface area contributed by atoms with Crippen LogP contribution in [-0.2, 0) is 0 Å². The van der Waals surface area contributed by atoms with Gasteiger partial charge in [-0.3, -0.25) is 9.59 Å². The Morgan fingerprint density at radius 1 is 1.10 bits per heavy atom. The average Bonchev–Trinajstić information content (AvgIpc) is 3.08. The van der Waals surface area contributed by atoms with Gasteiger partial charge in [-0.2, -0.15) is 10.1 Å². The summed E-state index contributed by atoms with van der Waals surface area (Å²) in [5, 5.41) is 8.20. The zero-order valence-electron chi connectivity index (χ0n) is 9.99. The molecule has 0 saturated heterocycles. The van der Waals surface area contributed by atoms with Crippen molar-refractivity contribution in [2.24, 2.45) is 11.5 Å². The van der Waals surface area contributed by atoms with Gasteiger partial charge in [0.25, 0.3) is 11.8 Å². The first-order valence-corrected chi connectivity index (χ1v) is 5.04. The van der Waals surface area contributed by atoms with Crippen molar-refractivity contribution in [3.8, 4) is 6.07 Å². The van der Waals surface area contributed by atoms with Crippen molar-refractivity contribution < 1.29 is 18.4 Å². The lowest BCUT2D eigenvalue weighted by molar-refractivity contribution is 0.0951. The molecule has 0 aliphatic heterocycles. The van der Waals surface area contributed by atoms with Gasteiger partial charge in [-0.05, 0) is 24.3 Å². The Balaban J connectivity index is 0.000000204. The summed E-state index contributed by atoms with van der Waals surface area (Å²) in [6, 6.07) is 7.29. The Morgan fingerprint density at radius 3 is 1.90 bits per heavy atom. The number of nitrogens with two attached hydrogens (primary N) is 2. The largest absolute Gasteiger partial charge is 0.471 e. The molecular formula is C12H8N4O4. The van der Waals surface area contributed by atoms with E-state index in [-0.39, 0.29) is 23.2 Å². The number of primary amides is 2. The van der Waals surface area contributed by atoms with Gasteiger partial charge < -0.3 is 20.3 Å². The number of hydrogen-bond donors (Lipinski definition) is 2. The topological polar surface area (TPSA) is 141 Å². The first-order chi connectivity index (χ1) is 9.47. The predicted octanol–water partition coefficient (Wildman–Crippen LogP) is 1.18. The Kier molecular flexibility index (Phi) is 4.67. The highest BCUT2D eigenvalue weighted by atomic mass is 16.4. The van der Waals surface area contributed by atoms with Crippen LogP contribution in [0.5, 0.6) is 0 Å². The van der Waals surface area contributed by atoms with Crippen molar-refractivity contribution in [1.29, 1.82) is 5.26 Å². The third-order valence-electron chi connectivity index (χ3n) is 1.90. The van der Waals surface area contributed by atoms with Gasteiger partial charge in [-0.15, -0.1) is 0 Å². The molecule has 0 radical (unpaired) electrons. The minimum absolute atomic E-state index is 0.0706. The fourth-order valence-electron chi connectivity index (χ4n) is 1.05. The summed E-state index contributed by atoms with van der Waals surface area (Å²) in [6.07, 6.45) is 0. The highest BCUT2D eigenvalue weighted by Crippen LogP contribution is 2.14. The summed E-state index contributed by atoms with van der Waals surface area (Å²) in [5.41, 5.74) is 9.68. The van der Waals surface area contributed by atoms with Crippen LogP contribution < -0.4 is 11.5 Å². The number of nitriles is 1. The van der Waals surface area contributed by atoms with Gasteiger partial charge >= 0.3 is 5.88 Å². The molecule has 0 spiro atoms. The van der Waals surface area contributed by atoms with Crippen molar-refractivity contribution in [2.75, 3.05) is 0 Å². The molecule has 2 aromatic rings. The number of hydrogen-bond acceptors (Lipinski definition) is 5. The second kappa shape index (κ2) is 6.42. The van der Waals surface area contributed by atoms with E-state index in [2.05, 4.69) is 13.7 Å². The monoisotopic (exact) mass is 272 g/mol. The van der Waals surface area contributed by atoms with Crippen molar-refractivity contribution in [1.82, 2.24) is 0 Å². The smallest absolute Gasteiger partial charge is 0.346 e. The van der Waals surface area contributed by atoms with Gasteiger partial charge in [-0.1, -0.05) is 0 Å². The van der Waals surface area contributed by atoms with Gasteiger partial charge in [0.15, 0.2) is 17.3 Å². The molecule has 0 aliphatic rings. The minimum Gasteiger partial charge on any atom is -0.471 e. The van der Waals surface area contributed by atoms with Crippen LogP contribution in [0, 0.1) is 17.9 Å². The molecule has 2 rings (SSSR count). The van der Waals surface area contributed by atoms with E-state index < -0.39 is 11.8 Å². The Bertz CT molecular complexity index is 657. The fourth-order valence-corrected chi connectivity index (χ4v) is 1.05. The number of rotatable bonds is 2. The molecule has 0 bridgehead atoms. The average molecular weight is 272 g/mol. The zero-order chi connectivity index (χ0) is 15.1. The van der Waals surface area contributed by atoms with Crippen LogP contribution in [0.15, 0.2) is 33.1 Å². The number of carbonyl (C=O) groups excluding carboxylic acids is 2. The highest BCUT2D eigenvalue weighted by molar-refractivity contribution is 5.94. The molecule has 0 aliphatic carbocycles.